The van der Waals surface area contributed by atoms with E-state index in [1.54, 1.807) is 13.0 Å². The molecule has 2 rings (SSSR count). The summed E-state index contributed by atoms with van der Waals surface area (Å²) < 4.78 is 50.9. The number of rotatable bonds is 2. The van der Waals surface area contributed by atoms with Crippen molar-refractivity contribution in [3.63, 3.8) is 0 Å². The highest BCUT2D eigenvalue weighted by Crippen LogP contribution is 2.30. The van der Waals surface area contributed by atoms with Crippen LogP contribution in [0.4, 0.5) is 23.2 Å². The fraction of sp³-hybridized carbons (Fsp3) is 0.143. The number of halogens is 4. The molecule has 7 heteroatoms. The third kappa shape index (κ3) is 3.56. The van der Waals surface area contributed by atoms with Gasteiger partial charge >= 0.3 is 6.18 Å². The maximum atomic E-state index is 13.6. The Kier molecular flexibility index (Phi) is 3.93. The summed E-state index contributed by atoms with van der Waals surface area (Å²) in [7, 11) is 0. The van der Waals surface area contributed by atoms with Gasteiger partial charge in [-0.05, 0) is 37.3 Å². The molecule has 1 aromatic carbocycles. The lowest BCUT2D eigenvalue weighted by molar-refractivity contribution is -0.137. The number of hydrogen-bond acceptors (Lipinski definition) is 2. The van der Waals surface area contributed by atoms with Gasteiger partial charge in [-0.3, -0.25) is 9.78 Å². The summed E-state index contributed by atoms with van der Waals surface area (Å²) in [6.45, 7) is 1.70. The summed E-state index contributed by atoms with van der Waals surface area (Å²) in [6.07, 6.45) is -3.20. The molecule has 1 heterocycles. The van der Waals surface area contributed by atoms with E-state index in [0.29, 0.717) is 23.5 Å². The number of amides is 1. The average molecular weight is 298 g/mol. The van der Waals surface area contributed by atoms with Gasteiger partial charge in [0.2, 0.25) is 0 Å². The number of nitrogens with one attached hydrogen (secondary N) is 1. The van der Waals surface area contributed by atoms with Gasteiger partial charge in [0, 0.05) is 17.6 Å². The Balaban J connectivity index is 2.24. The molecular weight excluding hydrogens is 288 g/mol. The number of aromatic nitrogens is 1. The zero-order chi connectivity index (χ0) is 15.6. The van der Waals surface area contributed by atoms with Crippen LogP contribution < -0.4 is 5.32 Å². The molecule has 1 aromatic heterocycles. The Morgan fingerprint density at radius 3 is 2.48 bits per heavy atom. The second kappa shape index (κ2) is 5.51. The third-order valence-corrected chi connectivity index (χ3v) is 2.70. The monoisotopic (exact) mass is 298 g/mol. The van der Waals surface area contributed by atoms with Crippen molar-refractivity contribution < 1.29 is 22.4 Å². The predicted molar refractivity (Wildman–Crippen MR) is 68.3 cm³/mol. The second-order valence-corrected chi connectivity index (χ2v) is 4.33. The molecule has 0 spiro atoms. The summed E-state index contributed by atoms with van der Waals surface area (Å²) in [5, 5.41) is 2.40. The molecule has 0 bridgehead atoms. The zero-order valence-corrected chi connectivity index (χ0v) is 10.8. The number of carbonyl (C=O) groups excluding carboxylic acids is 1. The number of alkyl halides is 3. The van der Waals surface area contributed by atoms with E-state index in [1.807, 2.05) is 0 Å². The first kappa shape index (κ1) is 15.0. The summed E-state index contributed by atoms with van der Waals surface area (Å²) in [4.78, 5) is 15.8. The largest absolute Gasteiger partial charge is 0.416 e. The molecule has 0 unspecified atom stereocenters. The van der Waals surface area contributed by atoms with Gasteiger partial charge in [0.05, 0.1) is 11.1 Å². The molecule has 0 aliphatic heterocycles. The van der Waals surface area contributed by atoms with Crippen LogP contribution in [-0.2, 0) is 6.18 Å². The summed E-state index contributed by atoms with van der Waals surface area (Å²) in [6, 6.07) is 4.82. The van der Waals surface area contributed by atoms with Crippen molar-refractivity contribution in [2.75, 3.05) is 5.32 Å². The summed E-state index contributed by atoms with van der Waals surface area (Å²) in [5.41, 5.74) is -0.582. The highest BCUT2D eigenvalue weighted by atomic mass is 19.4. The minimum Gasteiger partial charge on any atom is -0.322 e. The first-order valence-electron chi connectivity index (χ1n) is 5.88. The van der Waals surface area contributed by atoms with E-state index in [1.165, 1.54) is 12.3 Å². The van der Waals surface area contributed by atoms with Gasteiger partial charge in [0.1, 0.15) is 5.82 Å². The quantitative estimate of drug-likeness (QED) is 0.857. The lowest BCUT2D eigenvalue weighted by atomic mass is 10.1. The molecule has 1 amide bonds. The van der Waals surface area contributed by atoms with E-state index in [0.717, 1.165) is 6.07 Å². The van der Waals surface area contributed by atoms with Crippen LogP contribution in [0.3, 0.4) is 0 Å². The van der Waals surface area contributed by atoms with Crippen LogP contribution in [0.25, 0.3) is 0 Å². The lowest BCUT2D eigenvalue weighted by Crippen LogP contribution is -2.15. The van der Waals surface area contributed by atoms with E-state index < -0.39 is 29.0 Å². The van der Waals surface area contributed by atoms with Gasteiger partial charge < -0.3 is 5.32 Å². The van der Waals surface area contributed by atoms with Crippen LogP contribution in [0, 0.1) is 12.7 Å². The zero-order valence-electron chi connectivity index (χ0n) is 10.8. The lowest BCUT2D eigenvalue weighted by Gasteiger charge is -2.10. The van der Waals surface area contributed by atoms with Gasteiger partial charge in [-0.1, -0.05) is 0 Å². The van der Waals surface area contributed by atoms with E-state index in [2.05, 4.69) is 10.3 Å². The molecule has 110 valence electrons. The molecule has 2 aromatic rings. The number of carbonyl (C=O) groups is 1. The van der Waals surface area contributed by atoms with Crippen LogP contribution in [0.15, 0.2) is 36.5 Å². The van der Waals surface area contributed by atoms with E-state index in [-0.39, 0.29) is 0 Å². The number of hydrogen-bond donors (Lipinski definition) is 1. The number of anilines is 1. The van der Waals surface area contributed by atoms with Crippen molar-refractivity contribution in [2.45, 2.75) is 13.1 Å². The molecule has 3 nitrogen and oxygen atoms in total. The molecule has 21 heavy (non-hydrogen) atoms. The summed E-state index contributed by atoms with van der Waals surface area (Å²) in [5.74, 6) is -2.06. The normalized spacial score (nSPS) is 11.3. The van der Waals surface area contributed by atoms with Gasteiger partial charge in [0.25, 0.3) is 5.91 Å². The molecule has 0 atom stereocenters. The fourth-order valence-corrected chi connectivity index (χ4v) is 1.70. The SMILES string of the molecule is Cc1cc(NC(=O)c2ccc(C(F)(F)F)cc2F)ccn1. The van der Waals surface area contributed by atoms with Crippen molar-refractivity contribution >= 4 is 11.6 Å². The van der Waals surface area contributed by atoms with Crippen LogP contribution >= 0.6 is 0 Å². The maximum Gasteiger partial charge on any atom is 0.416 e. The van der Waals surface area contributed by atoms with E-state index in [4.69, 9.17) is 0 Å². The van der Waals surface area contributed by atoms with Crippen molar-refractivity contribution in [3.05, 3.63) is 59.2 Å². The first-order chi connectivity index (χ1) is 9.77. The van der Waals surface area contributed by atoms with Crippen molar-refractivity contribution in [1.29, 1.82) is 0 Å². The van der Waals surface area contributed by atoms with Crippen molar-refractivity contribution in [2.24, 2.45) is 0 Å². The topological polar surface area (TPSA) is 42.0 Å². The highest BCUT2D eigenvalue weighted by Gasteiger charge is 2.31. The molecule has 0 saturated carbocycles. The van der Waals surface area contributed by atoms with Gasteiger partial charge in [-0.25, -0.2) is 4.39 Å². The molecule has 0 aliphatic rings. The Bertz CT molecular complexity index is 683. The van der Waals surface area contributed by atoms with Crippen LogP contribution in [0.2, 0.25) is 0 Å². The minimum absolute atomic E-state index is 0.298. The van der Waals surface area contributed by atoms with Gasteiger partial charge in [-0.2, -0.15) is 13.2 Å². The Hall–Kier alpha value is -2.44. The maximum absolute atomic E-state index is 13.6. The number of aryl methyl sites for hydroxylation is 1. The second-order valence-electron chi connectivity index (χ2n) is 4.33. The first-order valence-corrected chi connectivity index (χ1v) is 5.88. The van der Waals surface area contributed by atoms with Crippen molar-refractivity contribution in [1.82, 2.24) is 4.98 Å². The fourth-order valence-electron chi connectivity index (χ4n) is 1.70. The van der Waals surface area contributed by atoms with Gasteiger partial charge in [0.15, 0.2) is 0 Å². The van der Waals surface area contributed by atoms with Crippen LogP contribution in [-0.4, -0.2) is 10.9 Å². The Morgan fingerprint density at radius 2 is 1.90 bits per heavy atom. The van der Waals surface area contributed by atoms with Gasteiger partial charge in [-0.15, -0.1) is 0 Å². The van der Waals surface area contributed by atoms with E-state index in [9.17, 15) is 22.4 Å². The minimum atomic E-state index is -4.65. The highest BCUT2D eigenvalue weighted by molar-refractivity contribution is 6.04. The number of pyridine rings is 1. The molecule has 0 saturated heterocycles. The molecular formula is C14H10F4N2O. The average Bonchev–Trinajstić information content (AvgIpc) is 2.37. The summed E-state index contributed by atoms with van der Waals surface area (Å²) >= 11 is 0. The third-order valence-electron chi connectivity index (χ3n) is 2.70. The Labute approximate surface area is 117 Å². The molecule has 1 N–H and O–H groups in total. The Morgan fingerprint density at radius 1 is 1.19 bits per heavy atom. The molecule has 0 radical (unpaired) electrons. The van der Waals surface area contributed by atoms with Crippen molar-refractivity contribution in [3.8, 4) is 0 Å². The molecule has 0 fully saturated rings. The standard InChI is InChI=1S/C14H10F4N2O/c1-8-6-10(4-5-19-8)20-13(21)11-3-2-9(7-12(11)15)14(16,17)18/h2-7H,1H3,(H,19,20,21). The number of benzene rings is 1. The predicted octanol–water partition coefficient (Wildman–Crippen LogP) is 3.80. The molecule has 0 aliphatic carbocycles. The number of nitrogens with zero attached hydrogens (tertiary/aromatic N) is 1. The van der Waals surface area contributed by atoms with Crippen LogP contribution in [0.5, 0.6) is 0 Å². The van der Waals surface area contributed by atoms with Crippen LogP contribution in [0.1, 0.15) is 21.6 Å². The van der Waals surface area contributed by atoms with E-state index >= 15 is 0 Å². The smallest absolute Gasteiger partial charge is 0.322 e.